The lowest BCUT2D eigenvalue weighted by Crippen LogP contribution is -2.26. The van der Waals surface area contributed by atoms with Crippen LogP contribution in [0.25, 0.3) is 0 Å². The fraction of sp³-hybridized carbons (Fsp3) is 1.00. The molecule has 16 heavy (non-hydrogen) atoms. The summed E-state index contributed by atoms with van der Waals surface area (Å²) in [6.07, 6.45) is 11.9. The van der Waals surface area contributed by atoms with Crippen molar-refractivity contribution in [2.24, 2.45) is 5.92 Å². The minimum absolute atomic E-state index is 0.313. The van der Waals surface area contributed by atoms with Gasteiger partial charge in [-0.05, 0) is 26.2 Å². The molecule has 0 saturated carbocycles. The van der Waals surface area contributed by atoms with Gasteiger partial charge < -0.3 is 0 Å². The maximum atomic E-state index is 11.6. The first kappa shape index (κ1) is 16.0. The summed E-state index contributed by atoms with van der Waals surface area (Å²) in [6, 6.07) is 0. The summed E-state index contributed by atoms with van der Waals surface area (Å²) in [4.78, 5) is 0. The molecule has 0 aliphatic heterocycles. The quantitative estimate of drug-likeness (QED) is 0.448. The highest BCUT2D eigenvalue weighted by atomic mass is 16.3. The third-order valence-corrected chi connectivity index (χ3v) is 3.68. The molecule has 1 radical (unpaired) electrons. The Morgan fingerprint density at radius 3 is 1.75 bits per heavy atom. The fourth-order valence-electron chi connectivity index (χ4n) is 1.93. The molecule has 0 aliphatic carbocycles. The molecule has 0 fully saturated rings. The zero-order valence-electron chi connectivity index (χ0n) is 11.8. The van der Waals surface area contributed by atoms with Crippen LogP contribution in [0.3, 0.4) is 0 Å². The van der Waals surface area contributed by atoms with Gasteiger partial charge in [0.15, 0.2) is 0 Å². The molecule has 0 heterocycles. The summed E-state index contributed by atoms with van der Waals surface area (Å²) in [5.41, 5.74) is -0.749. The molecule has 0 aliphatic rings. The van der Waals surface area contributed by atoms with Crippen LogP contribution < -0.4 is 0 Å². The smallest absolute Gasteiger partial charge is 0.101 e. The average molecular weight is 227 g/mol. The van der Waals surface area contributed by atoms with Crippen molar-refractivity contribution in [1.82, 2.24) is 0 Å². The molecule has 0 N–H and O–H groups in total. The van der Waals surface area contributed by atoms with Gasteiger partial charge >= 0.3 is 0 Å². The van der Waals surface area contributed by atoms with Gasteiger partial charge in [0.2, 0.25) is 0 Å². The molecule has 1 nitrogen and oxygen atoms in total. The highest BCUT2D eigenvalue weighted by Crippen LogP contribution is 2.22. The van der Waals surface area contributed by atoms with Gasteiger partial charge in [0.05, 0.1) is 0 Å². The van der Waals surface area contributed by atoms with Crippen molar-refractivity contribution in [2.45, 2.75) is 91.1 Å². The molecule has 0 amide bonds. The molecule has 0 aromatic heterocycles. The van der Waals surface area contributed by atoms with Crippen molar-refractivity contribution < 1.29 is 5.11 Å². The van der Waals surface area contributed by atoms with Gasteiger partial charge in [0, 0.05) is 0 Å². The predicted molar refractivity (Wildman–Crippen MR) is 71.2 cm³/mol. The summed E-state index contributed by atoms with van der Waals surface area (Å²) in [6.45, 7) is 7.96. The Kier molecular flexibility index (Phi) is 9.02. The van der Waals surface area contributed by atoms with Crippen molar-refractivity contribution in [1.29, 1.82) is 0 Å². The van der Waals surface area contributed by atoms with Crippen molar-refractivity contribution >= 4 is 0 Å². The zero-order chi connectivity index (χ0) is 12.4. The lowest BCUT2D eigenvalue weighted by atomic mass is 9.88. The molecule has 0 aromatic carbocycles. The van der Waals surface area contributed by atoms with Crippen LogP contribution in [-0.2, 0) is 5.11 Å². The van der Waals surface area contributed by atoms with Crippen LogP contribution in [0, 0.1) is 5.92 Å². The van der Waals surface area contributed by atoms with E-state index in [9.17, 15) is 5.11 Å². The van der Waals surface area contributed by atoms with Crippen LogP contribution >= 0.6 is 0 Å². The first-order chi connectivity index (χ1) is 7.48. The Bertz CT molecular complexity index is 146. The van der Waals surface area contributed by atoms with Crippen molar-refractivity contribution in [3.05, 3.63) is 0 Å². The SMILES string of the molecule is CCCCCCCCCCC(C)C(C)(C)[O]. The Balaban J connectivity index is 3.21. The number of hydrogen-bond donors (Lipinski definition) is 0. The second-order valence-electron chi connectivity index (χ2n) is 5.77. The van der Waals surface area contributed by atoms with Gasteiger partial charge in [-0.15, -0.1) is 0 Å². The average Bonchev–Trinajstić information content (AvgIpc) is 2.20. The molecule has 0 saturated heterocycles. The van der Waals surface area contributed by atoms with Gasteiger partial charge in [-0.2, -0.15) is 0 Å². The normalized spacial score (nSPS) is 14.1. The standard InChI is InChI=1S/C15H31O/c1-5-6-7-8-9-10-11-12-13-14(2)15(3,4)16/h14H,5-13H2,1-4H3. The first-order valence-corrected chi connectivity index (χ1v) is 7.19. The van der Waals surface area contributed by atoms with E-state index in [1.165, 1.54) is 51.4 Å². The Morgan fingerprint density at radius 1 is 0.875 bits per heavy atom. The van der Waals surface area contributed by atoms with Crippen LogP contribution in [0.15, 0.2) is 0 Å². The zero-order valence-corrected chi connectivity index (χ0v) is 11.8. The lowest BCUT2D eigenvalue weighted by Gasteiger charge is -2.23. The van der Waals surface area contributed by atoms with Crippen molar-refractivity contribution in [2.75, 3.05) is 0 Å². The summed E-state index contributed by atoms with van der Waals surface area (Å²) in [7, 11) is 0. The van der Waals surface area contributed by atoms with Gasteiger partial charge in [0.1, 0.15) is 5.60 Å². The molecular formula is C15H31O. The van der Waals surface area contributed by atoms with E-state index in [0.29, 0.717) is 5.92 Å². The number of unbranched alkanes of at least 4 members (excludes halogenated alkanes) is 7. The van der Waals surface area contributed by atoms with Crippen LogP contribution in [-0.4, -0.2) is 5.60 Å². The van der Waals surface area contributed by atoms with E-state index in [1.807, 2.05) is 13.8 Å². The summed E-state index contributed by atoms with van der Waals surface area (Å²) in [5.74, 6) is 0.313. The van der Waals surface area contributed by atoms with E-state index < -0.39 is 5.60 Å². The van der Waals surface area contributed by atoms with Gasteiger partial charge in [0.25, 0.3) is 0 Å². The molecule has 0 aromatic rings. The lowest BCUT2D eigenvalue weighted by molar-refractivity contribution is -0.0440. The van der Waals surface area contributed by atoms with Gasteiger partial charge in [-0.1, -0.05) is 65.2 Å². The Morgan fingerprint density at radius 2 is 1.31 bits per heavy atom. The van der Waals surface area contributed by atoms with Crippen LogP contribution in [0.4, 0.5) is 0 Å². The van der Waals surface area contributed by atoms with Crippen LogP contribution in [0.5, 0.6) is 0 Å². The third-order valence-electron chi connectivity index (χ3n) is 3.68. The van der Waals surface area contributed by atoms with Crippen LogP contribution in [0.1, 0.15) is 85.5 Å². The second-order valence-corrected chi connectivity index (χ2v) is 5.77. The third kappa shape index (κ3) is 9.21. The van der Waals surface area contributed by atoms with E-state index in [2.05, 4.69) is 13.8 Å². The summed E-state index contributed by atoms with van der Waals surface area (Å²) >= 11 is 0. The predicted octanol–water partition coefficient (Wildman–Crippen LogP) is 5.36. The second kappa shape index (κ2) is 9.04. The maximum absolute atomic E-state index is 11.6. The fourth-order valence-corrected chi connectivity index (χ4v) is 1.93. The highest BCUT2D eigenvalue weighted by molar-refractivity contribution is 4.72. The molecular weight excluding hydrogens is 196 g/mol. The molecule has 1 unspecified atom stereocenters. The molecule has 0 spiro atoms. The monoisotopic (exact) mass is 227 g/mol. The van der Waals surface area contributed by atoms with Crippen molar-refractivity contribution in [3.63, 3.8) is 0 Å². The molecule has 97 valence electrons. The van der Waals surface area contributed by atoms with E-state index in [-0.39, 0.29) is 0 Å². The van der Waals surface area contributed by atoms with E-state index in [0.717, 1.165) is 6.42 Å². The van der Waals surface area contributed by atoms with E-state index in [1.54, 1.807) is 0 Å². The van der Waals surface area contributed by atoms with E-state index in [4.69, 9.17) is 0 Å². The number of rotatable bonds is 10. The molecule has 0 bridgehead atoms. The van der Waals surface area contributed by atoms with Crippen LogP contribution in [0.2, 0.25) is 0 Å². The highest BCUT2D eigenvalue weighted by Gasteiger charge is 2.23. The Labute approximate surface area is 103 Å². The van der Waals surface area contributed by atoms with Gasteiger partial charge in [-0.3, -0.25) is 0 Å². The summed E-state index contributed by atoms with van der Waals surface area (Å²) in [5, 5.41) is 11.6. The first-order valence-electron chi connectivity index (χ1n) is 7.19. The minimum Gasteiger partial charge on any atom is -0.230 e. The molecule has 1 atom stereocenters. The van der Waals surface area contributed by atoms with Gasteiger partial charge in [-0.25, -0.2) is 5.11 Å². The largest absolute Gasteiger partial charge is 0.230 e. The summed E-state index contributed by atoms with van der Waals surface area (Å²) < 4.78 is 0. The van der Waals surface area contributed by atoms with E-state index >= 15 is 0 Å². The minimum atomic E-state index is -0.749. The Hall–Kier alpha value is -0.0400. The maximum Gasteiger partial charge on any atom is 0.101 e. The topological polar surface area (TPSA) is 19.9 Å². The molecule has 0 rings (SSSR count). The number of hydrogen-bond acceptors (Lipinski definition) is 0. The van der Waals surface area contributed by atoms with Crippen molar-refractivity contribution in [3.8, 4) is 0 Å². The molecule has 1 heteroatoms.